The van der Waals surface area contributed by atoms with Gasteiger partial charge in [-0.2, -0.15) is 5.11 Å². The van der Waals surface area contributed by atoms with Gasteiger partial charge in [-0.25, -0.2) is 0 Å². The Morgan fingerprint density at radius 3 is 2.36 bits per heavy atom. The molecule has 134 valence electrons. The molecule has 0 aliphatic rings. The lowest BCUT2D eigenvalue weighted by Crippen LogP contribution is -2.01. The molecule has 0 fully saturated rings. The van der Waals surface area contributed by atoms with Crippen LogP contribution in [0.3, 0.4) is 0 Å². The molecule has 9 heteroatoms. The third kappa shape index (κ3) is 5.03. The van der Waals surface area contributed by atoms with Crippen molar-refractivity contribution in [3.05, 3.63) is 36.4 Å². The number of hydrogen-bond donors (Lipinski definition) is 3. The van der Waals surface area contributed by atoms with Gasteiger partial charge in [-0.05, 0) is 32.0 Å². The van der Waals surface area contributed by atoms with Crippen molar-refractivity contribution in [1.29, 1.82) is 0 Å². The Morgan fingerprint density at radius 1 is 1.04 bits per heavy atom. The number of azo groups is 1. The molecule has 2 aromatic carbocycles. The fraction of sp³-hybridized carbons (Fsp3) is 0.250. The molecular weight excluding hydrogens is 345 g/mol. The molecule has 0 atom stereocenters. The number of nitrogens with zero attached hydrogens (tertiary/aromatic N) is 2. The van der Waals surface area contributed by atoms with Gasteiger partial charge in [0.05, 0.1) is 29.9 Å². The van der Waals surface area contributed by atoms with Crippen molar-refractivity contribution in [2.24, 2.45) is 10.2 Å². The van der Waals surface area contributed by atoms with Gasteiger partial charge >= 0.3 is 7.60 Å². The van der Waals surface area contributed by atoms with Crippen LogP contribution in [0.4, 0.5) is 17.1 Å². The molecule has 0 heterocycles. The van der Waals surface area contributed by atoms with Gasteiger partial charge in [0.1, 0.15) is 17.2 Å². The lowest BCUT2D eigenvalue weighted by atomic mass is 10.2. The molecule has 25 heavy (non-hydrogen) atoms. The first kappa shape index (κ1) is 18.9. The molecule has 0 unspecified atom stereocenters. The maximum Gasteiger partial charge on any atom is 0.356 e. The SMILES string of the molecule is CCOc1cc(/N=N/c2cccc(P(=O)(O)O)c2)c(OCC)cc1N. The highest BCUT2D eigenvalue weighted by atomic mass is 31.2. The molecule has 0 radical (unpaired) electrons. The van der Waals surface area contributed by atoms with Crippen LogP contribution in [0.1, 0.15) is 13.8 Å². The van der Waals surface area contributed by atoms with E-state index in [-0.39, 0.29) is 5.30 Å². The smallest absolute Gasteiger partial charge is 0.356 e. The first-order valence-electron chi connectivity index (χ1n) is 7.62. The highest BCUT2D eigenvalue weighted by Gasteiger charge is 2.17. The standard InChI is InChI=1S/C16H20N3O5P/c1-3-23-15-10-14(16(24-4-2)9-13(15)17)19-18-11-6-5-7-12(8-11)25(20,21)22/h5-10H,3-4,17H2,1-2H3,(H2,20,21,22)/b19-18+. The van der Waals surface area contributed by atoms with Crippen molar-refractivity contribution in [3.8, 4) is 11.5 Å². The van der Waals surface area contributed by atoms with Crippen LogP contribution in [0.5, 0.6) is 11.5 Å². The fourth-order valence-electron chi connectivity index (χ4n) is 2.04. The number of nitrogen functional groups attached to an aromatic ring is 1. The van der Waals surface area contributed by atoms with Crippen LogP contribution in [-0.4, -0.2) is 23.0 Å². The van der Waals surface area contributed by atoms with Gasteiger partial charge < -0.3 is 25.0 Å². The Hall–Kier alpha value is -2.41. The summed E-state index contributed by atoms with van der Waals surface area (Å²) in [5.74, 6) is 0.905. The van der Waals surface area contributed by atoms with Gasteiger partial charge in [0.2, 0.25) is 0 Å². The minimum absolute atomic E-state index is 0.124. The molecule has 0 bridgehead atoms. The van der Waals surface area contributed by atoms with E-state index in [1.54, 1.807) is 18.2 Å². The van der Waals surface area contributed by atoms with E-state index in [1.165, 1.54) is 18.2 Å². The molecule has 4 N–H and O–H groups in total. The van der Waals surface area contributed by atoms with Gasteiger partial charge in [-0.1, -0.05) is 6.07 Å². The van der Waals surface area contributed by atoms with E-state index < -0.39 is 7.60 Å². The van der Waals surface area contributed by atoms with Crippen molar-refractivity contribution < 1.29 is 23.8 Å². The largest absolute Gasteiger partial charge is 0.492 e. The van der Waals surface area contributed by atoms with E-state index in [2.05, 4.69) is 10.2 Å². The summed E-state index contributed by atoms with van der Waals surface area (Å²) in [5.41, 5.74) is 7.05. The van der Waals surface area contributed by atoms with Crippen molar-refractivity contribution in [3.63, 3.8) is 0 Å². The molecule has 2 rings (SSSR count). The van der Waals surface area contributed by atoms with E-state index in [4.69, 9.17) is 15.2 Å². The van der Waals surface area contributed by atoms with Crippen molar-refractivity contribution >= 4 is 30.0 Å². The van der Waals surface area contributed by atoms with Crippen LogP contribution in [0.15, 0.2) is 46.6 Å². The second-order valence-electron chi connectivity index (χ2n) is 4.99. The third-order valence-electron chi connectivity index (χ3n) is 3.13. The predicted molar refractivity (Wildman–Crippen MR) is 95.5 cm³/mol. The van der Waals surface area contributed by atoms with E-state index in [9.17, 15) is 14.4 Å². The zero-order valence-corrected chi connectivity index (χ0v) is 14.8. The number of nitrogens with two attached hydrogens (primary N) is 1. The summed E-state index contributed by atoms with van der Waals surface area (Å²) in [7, 11) is -4.35. The Balaban J connectivity index is 2.39. The quantitative estimate of drug-likeness (QED) is 0.393. The second kappa shape index (κ2) is 8.11. The van der Waals surface area contributed by atoms with Crippen LogP contribution >= 0.6 is 7.60 Å². The molecule has 0 aliphatic carbocycles. The van der Waals surface area contributed by atoms with Crippen LogP contribution in [0.25, 0.3) is 0 Å². The molecule has 0 aromatic heterocycles. The zero-order valence-electron chi connectivity index (χ0n) is 13.9. The van der Waals surface area contributed by atoms with E-state index in [0.717, 1.165) is 0 Å². The summed E-state index contributed by atoms with van der Waals surface area (Å²) in [6, 6.07) is 8.92. The molecule has 0 saturated heterocycles. The number of hydrogen-bond acceptors (Lipinski definition) is 6. The Bertz CT molecular complexity index is 819. The lowest BCUT2D eigenvalue weighted by molar-refractivity contribution is 0.333. The molecular formula is C16H20N3O5P. The summed E-state index contributed by atoms with van der Waals surface area (Å²) in [6.45, 7) is 4.53. The van der Waals surface area contributed by atoms with Crippen molar-refractivity contribution in [2.75, 3.05) is 18.9 Å². The average molecular weight is 365 g/mol. The minimum Gasteiger partial charge on any atom is -0.492 e. The summed E-state index contributed by atoms with van der Waals surface area (Å²) >= 11 is 0. The summed E-state index contributed by atoms with van der Waals surface area (Å²) in [4.78, 5) is 18.5. The Morgan fingerprint density at radius 2 is 1.72 bits per heavy atom. The maximum atomic E-state index is 11.3. The van der Waals surface area contributed by atoms with E-state index in [1.807, 2.05) is 13.8 Å². The van der Waals surface area contributed by atoms with Crippen molar-refractivity contribution in [1.82, 2.24) is 0 Å². The zero-order chi connectivity index (χ0) is 18.4. The highest BCUT2D eigenvalue weighted by molar-refractivity contribution is 7.60. The highest BCUT2D eigenvalue weighted by Crippen LogP contribution is 2.38. The lowest BCUT2D eigenvalue weighted by Gasteiger charge is -2.11. The molecule has 8 nitrogen and oxygen atoms in total. The van der Waals surface area contributed by atoms with Gasteiger partial charge in [0.25, 0.3) is 0 Å². The van der Waals surface area contributed by atoms with Crippen molar-refractivity contribution in [2.45, 2.75) is 13.8 Å². The fourth-order valence-corrected chi connectivity index (χ4v) is 2.62. The van der Waals surface area contributed by atoms with Gasteiger partial charge in [-0.15, -0.1) is 5.11 Å². The minimum atomic E-state index is -4.35. The van der Waals surface area contributed by atoms with E-state index in [0.29, 0.717) is 41.8 Å². The first-order valence-corrected chi connectivity index (χ1v) is 9.23. The van der Waals surface area contributed by atoms with E-state index >= 15 is 0 Å². The summed E-state index contributed by atoms with van der Waals surface area (Å²) in [5, 5.41) is 8.02. The normalized spacial score (nSPS) is 11.7. The van der Waals surface area contributed by atoms with Crippen LogP contribution in [-0.2, 0) is 4.57 Å². The van der Waals surface area contributed by atoms with Gasteiger partial charge in [-0.3, -0.25) is 4.57 Å². The topological polar surface area (TPSA) is 127 Å². The molecule has 0 aliphatic heterocycles. The number of benzene rings is 2. The van der Waals surface area contributed by atoms with Crippen LogP contribution in [0.2, 0.25) is 0 Å². The van der Waals surface area contributed by atoms with Crippen LogP contribution < -0.4 is 20.5 Å². The van der Waals surface area contributed by atoms with Gasteiger partial charge in [0.15, 0.2) is 0 Å². The van der Waals surface area contributed by atoms with Gasteiger partial charge in [0, 0.05) is 12.1 Å². The molecule has 0 saturated carbocycles. The molecule has 2 aromatic rings. The summed E-state index contributed by atoms with van der Waals surface area (Å²) in [6.07, 6.45) is 0. The Kier molecular flexibility index (Phi) is 6.14. The number of anilines is 1. The van der Waals surface area contributed by atoms with Crippen LogP contribution in [0, 0.1) is 0 Å². The number of rotatable bonds is 7. The average Bonchev–Trinajstić information content (AvgIpc) is 2.56. The first-order chi connectivity index (χ1) is 11.8. The summed E-state index contributed by atoms with van der Waals surface area (Å²) < 4.78 is 22.3. The maximum absolute atomic E-state index is 11.3. The predicted octanol–water partition coefficient (Wildman–Crippen LogP) is 3.28. The molecule has 0 spiro atoms. The third-order valence-corrected chi connectivity index (χ3v) is 4.08. The monoisotopic (exact) mass is 365 g/mol. The second-order valence-corrected chi connectivity index (χ2v) is 6.59. The molecule has 0 amide bonds. The number of ether oxygens (including phenoxy) is 2. The Labute approximate surface area is 145 Å².